The molecule has 5 nitrogen and oxygen atoms in total. The second-order valence-electron chi connectivity index (χ2n) is 5.21. The number of amides is 2. The molecule has 1 fully saturated rings. The first kappa shape index (κ1) is 18.7. The summed E-state index contributed by atoms with van der Waals surface area (Å²) in [4.78, 5) is 25.9. The number of rotatable bonds is 5. The fourth-order valence-electron chi connectivity index (χ4n) is 2.41. The predicted molar refractivity (Wildman–Crippen MR) is 90.5 cm³/mol. The van der Waals surface area contributed by atoms with Crippen molar-refractivity contribution in [3.8, 4) is 0 Å². The number of anilines is 1. The predicted octanol–water partition coefficient (Wildman–Crippen LogP) is 2.11. The number of halogens is 2. The highest BCUT2D eigenvalue weighted by Crippen LogP contribution is 2.23. The first-order chi connectivity index (χ1) is 10.0. The van der Waals surface area contributed by atoms with Gasteiger partial charge in [0.25, 0.3) is 0 Å². The number of carbonyl (C=O) groups excluding carboxylic acids is 2. The van der Waals surface area contributed by atoms with Gasteiger partial charge in [-0.1, -0.05) is 24.9 Å². The summed E-state index contributed by atoms with van der Waals surface area (Å²) in [5.74, 6) is -0.359. The highest BCUT2D eigenvalue weighted by molar-refractivity contribution is 6.30. The molecule has 1 aliphatic heterocycles. The number of nitrogens with one attached hydrogen (secondary N) is 1. The Hall–Kier alpha value is -1.30. The van der Waals surface area contributed by atoms with Gasteiger partial charge in [0.05, 0.1) is 6.04 Å². The van der Waals surface area contributed by atoms with Crippen molar-refractivity contribution in [2.75, 3.05) is 11.4 Å². The van der Waals surface area contributed by atoms with Crippen molar-refractivity contribution >= 4 is 41.5 Å². The fraction of sp³-hybridized carbons (Fsp3) is 0.467. The van der Waals surface area contributed by atoms with Crippen molar-refractivity contribution in [3.63, 3.8) is 0 Å². The number of nitrogens with zero attached hydrogens (tertiary/aromatic N) is 1. The second kappa shape index (κ2) is 8.36. The molecule has 7 heteroatoms. The first-order valence-electron chi connectivity index (χ1n) is 7.16. The molecule has 1 heterocycles. The van der Waals surface area contributed by atoms with Crippen molar-refractivity contribution in [2.45, 2.75) is 38.3 Å². The largest absolute Gasteiger partial charge is 0.343 e. The molecule has 122 valence electrons. The number of hydrogen-bond donors (Lipinski definition) is 2. The Kier molecular flexibility index (Phi) is 7.13. The Labute approximate surface area is 141 Å². The van der Waals surface area contributed by atoms with Gasteiger partial charge in [-0.05, 0) is 37.1 Å². The highest BCUT2D eigenvalue weighted by atomic mass is 35.5. The van der Waals surface area contributed by atoms with E-state index in [1.54, 1.807) is 29.2 Å². The Morgan fingerprint density at radius 2 is 2.09 bits per heavy atom. The van der Waals surface area contributed by atoms with Crippen LogP contribution >= 0.6 is 24.0 Å². The van der Waals surface area contributed by atoms with Gasteiger partial charge in [-0.15, -0.1) is 12.4 Å². The van der Waals surface area contributed by atoms with E-state index in [0.29, 0.717) is 24.4 Å². The average Bonchev–Trinajstić information content (AvgIpc) is 2.81. The van der Waals surface area contributed by atoms with Crippen LogP contribution in [-0.2, 0) is 9.59 Å². The van der Waals surface area contributed by atoms with Gasteiger partial charge >= 0.3 is 0 Å². The van der Waals surface area contributed by atoms with Crippen molar-refractivity contribution in [1.82, 2.24) is 5.32 Å². The van der Waals surface area contributed by atoms with E-state index < -0.39 is 12.1 Å². The zero-order chi connectivity index (χ0) is 15.4. The van der Waals surface area contributed by atoms with Gasteiger partial charge in [0.2, 0.25) is 11.8 Å². The van der Waals surface area contributed by atoms with Crippen molar-refractivity contribution in [2.24, 2.45) is 5.73 Å². The fourth-order valence-corrected chi connectivity index (χ4v) is 2.54. The van der Waals surface area contributed by atoms with E-state index >= 15 is 0 Å². The summed E-state index contributed by atoms with van der Waals surface area (Å²) in [6, 6.07) is 6.05. The SMILES string of the molecule is CCCC(N)C(=O)NC1CCN(c2ccc(Cl)cc2)C1=O.Cl. The minimum atomic E-state index is -0.549. The van der Waals surface area contributed by atoms with Crippen LogP contribution in [0.5, 0.6) is 0 Å². The van der Waals surface area contributed by atoms with Crippen LogP contribution in [0.15, 0.2) is 24.3 Å². The summed E-state index contributed by atoms with van der Waals surface area (Å²) >= 11 is 5.84. The van der Waals surface area contributed by atoms with Gasteiger partial charge in [0.1, 0.15) is 6.04 Å². The number of nitrogens with two attached hydrogens (primary N) is 1. The molecule has 2 atom stereocenters. The Morgan fingerprint density at radius 1 is 1.45 bits per heavy atom. The van der Waals surface area contributed by atoms with Crippen molar-refractivity contribution < 1.29 is 9.59 Å². The summed E-state index contributed by atoms with van der Waals surface area (Å²) < 4.78 is 0. The Balaban J connectivity index is 0.00000242. The van der Waals surface area contributed by atoms with E-state index in [2.05, 4.69) is 5.32 Å². The summed E-state index contributed by atoms with van der Waals surface area (Å²) in [5, 5.41) is 3.37. The smallest absolute Gasteiger partial charge is 0.249 e. The van der Waals surface area contributed by atoms with Crippen LogP contribution in [0.4, 0.5) is 5.69 Å². The normalized spacial score (nSPS) is 18.8. The van der Waals surface area contributed by atoms with Crippen LogP contribution in [0.25, 0.3) is 0 Å². The molecular formula is C15H21Cl2N3O2. The van der Waals surface area contributed by atoms with Crippen LogP contribution in [0.3, 0.4) is 0 Å². The maximum absolute atomic E-state index is 12.3. The van der Waals surface area contributed by atoms with Gasteiger partial charge in [-0.25, -0.2) is 0 Å². The van der Waals surface area contributed by atoms with Crippen molar-refractivity contribution in [3.05, 3.63) is 29.3 Å². The van der Waals surface area contributed by atoms with E-state index in [1.807, 2.05) is 6.92 Å². The molecule has 2 amide bonds. The summed E-state index contributed by atoms with van der Waals surface area (Å²) in [6.07, 6.45) is 2.05. The molecule has 0 saturated carbocycles. The lowest BCUT2D eigenvalue weighted by Gasteiger charge is -2.18. The lowest BCUT2D eigenvalue weighted by molar-refractivity contribution is -0.127. The average molecular weight is 346 g/mol. The Morgan fingerprint density at radius 3 is 2.68 bits per heavy atom. The maximum Gasteiger partial charge on any atom is 0.249 e. The molecule has 0 aliphatic carbocycles. The molecule has 3 N–H and O–H groups in total. The molecule has 1 aromatic carbocycles. The van der Waals surface area contributed by atoms with Gasteiger partial charge in [-0.2, -0.15) is 0 Å². The standard InChI is InChI=1S/C15H20ClN3O2.ClH/c1-2-3-12(17)14(20)18-13-8-9-19(15(13)21)11-6-4-10(16)5-7-11;/h4-7,12-13H,2-3,8-9,17H2,1H3,(H,18,20);1H. The minimum absolute atomic E-state index is 0. The molecule has 2 rings (SSSR count). The highest BCUT2D eigenvalue weighted by Gasteiger charge is 2.34. The van der Waals surface area contributed by atoms with E-state index in [9.17, 15) is 9.59 Å². The molecule has 2 unspecified atom stereocenters. The summed E-state index contributed by atoms with van der Waals surface area (Å²) in [6.45, 7) is 2.55. The summed E-state index contributed by atoms with van der Waals surface area (Å²) in [5.41, 5.74) is 6.55. The number of carbonyl (C=O) groups is 2. The van der Waals surface area contributed by atoms with E-state index in [1.165, 1.54) is 0 Å². The van der Waals surface area contributed by atoms with Gasteiger partial charge in [0.15, 0.2) is 0 Å². The van der Waals surface area contributed by atoms with E-state index in [0.717, 1.165) is 12.1 Å². The van der Waals surface area contributed by atoms with Gasteiger partial charge in [0, 0.05) is 17.3 Å². The molecule has 22 heavy (non-hydrogen) atoms. The van der Waals surface area contributed by atoms with Crippen LogP contribution in [0.1, 0.15) is 26.2 Å². The molecule has 1 aliphatic rings. The van der Waals surface area contributed by atoms with Crippen LogP contribution < -0.4 is 16.0 Å². The van der Waals surface area contributed by atoms with E-state index in [4.69, 9.17) is 17.3 Å². The third kappa shape index (κ3) is 4.35. The number of benzene rings is 1. The molecule has 0 aromatic heterocycles. The first-order valence-corrected chi connectivity index (χ1v) is 7.53. The monoisotopic (exact) mass is 345 g/mol. The topological polar surface area (TPSA) is 75.4 Å². The lowest BCUT2D eigenvalue weighted by Crippen LogP contribution is -2.48. The molecule has 0 bridgehead atoms. The zero-order valence-electron chi connectivity index (χ0n) is 12.4. The maximum atomic E-state index is 12.3. The third-order valence-corrected chi connectivity index (χ3v) is 3.85. The number of hydrogen-bond acceptors (Lipinski definition) is 3. The molecular weight excluding hydrogens is 325 g/mol. The van der Waals surface area contributed by atoms with Gasteiger partial charge < -0.3 is 16.0 Å². The summed E-state index contributed by atoms with van der Waals surface area (Å²) in [7, 11) is 0. The van der Waals surface area contributed by atoms with Crippen LogP contribution in [-0.4, -0.2) is 30.4 Å². The van der Waals surface area contributed by atoms with E-state index in [-0.39, 0.29) is 24.2 Å². The molecule has 1 saturated heterocycles. The Bertz CT molecular complexity index is 522. The molecule has 1 aromatic rings. The van der Waals surface area contributed by atoms with Crippen LogP contribution in [0, 0.1) is 0 Å². The molecule has 0 radical (unpaired) electrons. The quantitative estimate of drug-likeness (QED) is 0.857. The zero-order valence-corrected chi connectivity index (χ0v) is 14.0. The molecule has 0 spiro atoms. The third-order valence-electron chi connectivity index (χ3n) is 3.60. The van der Waals surface area contributed by atoms with Gasteiger partial charge in [-0.3, -0.25) is 9.59 Å². The van der Waals surface area contributed by atoms with Crippen molar-refractivity contribution in [1.29, 1.82) is 0 Å². The minimum Gasteiger partial charge on any atom is -0.343 e. The van der Waals surface area contributed by atoms with Crippen LogP contribution in [0.2, 0.25) is 5.02 Å². The lowest BCUT2D eigenvalue weighted by atomic mass is 10.1. The second-order valence-corrected chi connectivity index (χ2v) is 5.65.